The molecular formula is C9H18N2O. The van der Waals surface area contributed by atoms with Gasteiger partial charge < -0.3 is 9.69 Å². The normalized spacial score (nSPS) is 27.3. The van der Waals surface area contributed by atoms with E-state index in [0.717, 1.165) is 25.9 Å². The first-order chi connectivity index (χ1) is 5.77. The lowest BCUT2D eigenvalue weighted by atomic mass is 10.1. The molecule has 1 unspecified atom stereocenters. The standard InChI is InChI=1S/C9H18N2O/c1-3-9-8-11(6-7-12)5-4-10(9)2/h7,9H,3-6,8H2,1-2H3. The minimum atomic E-state index is 0.602. The van der Waals surface area contributed by atoms with Gasteiger partial charge in [0.1, 0.15) is 6.29 Å². The van der Waals surface area contributed by atoms with Gasteiger partial charge in [0.15, 0.2) is 0 Å². The second kappa shape index (κ2) is 4.58. The maximum atomic E-state index is 10.3. The molecule has 1 aliphatic heterocycles. The van der Waals surface area contributed by atoms with Crippen LogP contribution in [0.15, 0.2) is 0 Å². The third-order valence-corrected chi connectivity index (χ3v) is 2.67. The SMILES string of the molecule is CCC1CN(CC=O)CCN1C. The molecule has 0 N–H and O–H groups in total. The molecule has 1 aliphatic rings. The van der Waals surface area contributed by atoms with E-state index in [0.29, 0.717) is 12.6 Å². The Labute approximate surface area is 74.3 Å². The molecule has 0 amide bonds. The number of likely N-dealkylation sites (N-methyl/N-ethyl adjacent to an activating group) is 1. The highest BCUT2D eigenvalue weighted by atomic mass is 16.1. The van der Waals surface area contributed by atoms with E-state index in [1.165, 1.54) is 6.42 Å². The van der Waals surface area contributed by atoms with Crippen molar-refractivity contribution in [3.05, 3.63) is 0 Å². The van der Waals surface area contributed by atoms with E-state index < -0.39 is 0 Å². The Morgan fingerprint density at radius 2 is 2.25 bits per heavy atom. The molecule has 1 saturated heterocycles. The average Bonchev–Trinajstić information content (AvgIpc) is 2.09. The molecule has 1 fully saturated rings. The lowest BCUT2D eigenvalue weighted by Crippen LogP contribution is -2.51. The second-order valence-corrected chi connectivity index (χ2v) is 3.47. The summed E-state index contributed by atoms with van der Waals surface area (Å²) in [7, 11) is 2.16. The van der Waals surface area contributed by atoms with Crippen LogP contribution in [-0.4, -0.2) is 55.4 Å². The quantitative estimate of drug-likeness (QED) is 0.566. The number of rotatable bonds is 3. The van der Waals surface area contributed by atoms with Gasteiger partial charge in [-0.2, -0.15) is 0 Å². The number of hydrogen-bond acceptors (Lipinski definition) is 3. The van der Waals surface area contributed by atoms with Crippen LogP contribution in [-0.2, 0) is 4.79 Å². The summed E-state index contributed by atoms with van der Waals surface area (Å²) in [5, 5.41) is 0. The van der Waals surface area contributed by atoms with Crippen LogP contribution < -0.4 is 0 Å². The summed E-state index contributed by atoms with van der Waals surface area (Å²) in [5.41, 5.74) is 0. The summed E-state index contributed by atoms with van der Waals surface area (Å²) in [4.78, 5) is 14.9. The van der Waals surface area contributed by atoms with Gasteiger partial charge in [-0.3, -0.25) is 4.90 Å². The summed E-state index contributed by atoms with van der Waals surface area (Å²) in [6, 6.07) is 0.638. The number of hydrogen-bond donors (Lipinski definition) is 0. The van der Waals surface area contributed by atoms with Gasteiger partial charge in [-0.05, 0) is 13.5 Å². The van der Waals surface area contributed by atoms with Crippen molar-refractivity contribution >= 4 is 6.29 Å². The largest absolute Gasteiger partial charge is 0.302 e. The molecular weight excluding hydrogens is 152 g/mol. The monoisotopic (exact) mass is 170 g/mol. The molecule has 1 rings (SSSR count). The van der Waals surface area contributed by atoms with Gasteiger partial charge in [0.2, 0.25) is 0 Å². The molecule has 1 heterocycles. The van der Waals surface area contributed by atoms with Gasteiger partial charge in [-0.1, -0.05) is 6.92 Å². The molecule has 0 aromatic carbocycles. The Bertz CT molecular complexity index is 149. The minimum Gasteiger partial charge on any atom is -0.302 e. The van der Waals surface area contributed by atoms with Gasteiger partial charge in [0, 0.05) is 25.7 Å². The zero-order valence-electron chi connectivity index (χ0n) is 7.99. The number of carbonyl (C=O) groups excluding carboxylic acids is 1. The zero-order chi connectivity index (χ0) is 8.97. The molecule has 0 aliphatic carbocycles. The molecule has 0 aromatic heterocycles. The molecule has 0 spiro atoms. The van der Waals surface area contributed by atoms with Crippen molar-refractivity contribution in [2.24, 2.45) is 0 Å². The first-order valence-corrected chi connectivity index (χ1v) is 4.64. The van der Waals surface area contributed by atoms with Gasteiger partial charge >= 0.3 is 0 Å². The van der Waals surface area contributed by atoms with E-state index in [-0.39, 0.29) is 0 Å². The minimum absolute atomic E-state index is 0.602. The predicted molar refractivity (Wildman–Crippen MR) is 49.2 cm³/mol. The summed E-state index contributed by atoms with van der Waals surface area (Å²) >= 11 is 0. The number of carbonyl (C=O) groups is 1. The van der Waals surface area contributed by atoms with Gasteiger partial charge in [0.05, 0.1) is 6.54 Å². The number of aldehydes is 1. The van der Waals surface area contributed by atoms with Crippen LogP contribution >= 0.6 is 0 Å². The maximum absolute atomic E-state index is 10.3. The van der Waals surface area contributed by atoms with Crippen molar-refractivity contribution in [3.8, 4) is 0 Å². The van der Waals surface area contributed by atoms with E-state index in [9.17, 15) is 4.79 Å². The van der Waals surface area contributed by atoms with E-state index >= 15 is 0 Å². The molecule has 3 heteroatoms. The molecule has 0 saturated carbocycles. The first-order valence-electron chi connectivity index (χ1n) is 4.64. The van der Waals surface area contributed by atoms with Crippen molar-refractivity contribution in [2.75, 3.05) is 33.2 Å². The van der Waals surface area contributed by atoms with Gasteiger partial charge in [-0.15, -0.1) is 0 Å². The average molecular weight is 170 g/mol. The fourth-order valence-corrected chi connectivity index (χ4v) is 1.72. The van der Waals surface area contributed by atoms with Crippen LogP contribution in [0.4, 0.5) is 0 Å². The van der Waals surface area contributed by atoms with Gasteiger partial charge in [-0.25, -0.2) is 0 Å². The van der Waals surface area contributed by atoms with E-state index in [4.69, 9.17) is 0 Å². The summed E-state index contributed by atoms with van der Waals surface area (Å²) in [6.07, 6.45) is 2.17. The highest BCUT2D eigenvalue weighted by molar-refractivity contribution is 5.52. The summed E-state index contributed by atoms with van der Waals surface area (Å²) in [5.74, 6) is 0. The van der Waals surface area contributed by atoms with Gasteiger partial charge in [0.25, 0.3) is 0 Å². The van der Waals surface area contributed by atoms with Crippen molar-refractivity contribution in [1.29, 1.82) is 0 Å². The Morgan fingerprint density at radius 3 is 2.83 bits per heavy atom. The maximum Gasteiger partial charge on any atom is 0.133 e. The van der Waals surface area contributed by atoms with Crippen LogP contribution in [0.5, 0.6) is 0 Å². The molecule has 70 valence electrons. The van der Waals surface area contributed by atoms with Crippen molar-refractivity contribution in [3.63, 3.8) is 0 Å². The molecule has 1 atom stereocenters. The summed E-state index contributed by atoms with van der Waals surface area (Å²) < 4.78 is 0. The Balaban J connectivity index is 2.38. The predicted octanol–water partition coefficient (Wildman–Crippen LogP) is 0.211. The third kappa shape index (κ3) is 2.29. The van der Waals surface area contributed by atoms with Crippen LogP contribution in [0.1, 0.15) is 13.3 Å². The number of nitrogens with zero attached hydrogens (tertiary/aromatic N) is 2. The number of piperazine rings is 1. The lowest BCUT2D eigenvalue weighted by molar-refractivity contribution is -0.109. The highest BCUT2D eigenvalue weighted by Gasteiger charge is 2.21. The molecule has 0 bridgehead atoms. The van der Waals surface area contributed by atoms with Crippen LogP contribution in [0.2, 0.25) is 0 Å². The Hall–Kier alpha value is -0.410. The molecule has 3 nitrogen and oxygen atoms in total. The third-order valence-electron chi connectivity index (χ3n) is 2.67. The second-order valence-electron chi connectivity index (χ2n) is 3.47. The first kappa shape index (κ1) is 9.68. The highest BCUT2D eigenvalue weighted by Crippen LogP contribution is 2.09. The van der Waals surface area contributed by atoms with Crippen LogP contribution in [0.25, 0.3) is 0 Å². The fourth-order valence-electron chi connectivity index (χ4n) is 1.72. The zero-order valence-corrected chi connectivity index (χ0v) is 7.99. The fraction of sp³-hybridized carbons (Fsp3) is 0.889. The Morgan fingerprint density at radius 1 is 1.50 bits per heavy atom. The molecule has 0 radical (unpaired) electrons. The Kier molecular flexibility index (Phi) is 3.69. The summed E-state index contributed by atoms with van der Waals surface area (Å²) in [6.45, 7) is 5.97. The van der Waals surface area contributed by atoms with E-state index in [1.807, 2.05) is 0 Å². The van der Waals surface area contributed by atoms with Crippen LogP contribution in [0.3, 0.4) is 0 Å². The van der Waals surface area contributed by atoms with E-state index in [1.54, 1.807) is 0 Å². The van der Waals surface area contributed by atoms with Crippen molar-refractivity contribution in [2.45, 2.75) is 19.4 Å². The van der Waals surface area contributed by atoms with Crippen molar-refractivity contribution in [1.82, 2.24) is 9.80 Å². The molecule has 0 aromatic rings. The smallest absolute Gasteiger partial charge is 0.133 e. The van der Waals surface area contributed by atoms with E-state index in [2.05, 4.69) is 23.8 Å². The molecule has 12 heavy (non-hydrogen) atoms. The van der Waals surface area contributed by atoms with Crippen LogP contribution in [0, 0.1) is 0 Å². The lowest BCUT2D eigenvalue weighted by Gasteiger charge is -2.38. The van der Waals surface area contributed by atoms with Crippen molar-refractivity contribution < 1.29 is 4.79 Å². The topological polar surface area (TPSA) is 23.6 Å².